The van der Waals surface area contributed by atoms with Gasteiger partial charge in [-0.05, 0) is 42.0 Å². The summed E-state index contributed by atoms with van der Waals surface area (Å²) >= 11 is 4.95. The molecule has 1 aromatic heterocycles. The number of aliphatic imine (C=N–C) groups is 1. The number of thiophene rings is 1. The molecule has 0 aliphatic carbocycles. The quantitative estimate of drug-likeness (QED) is 0.231. The van der Waals surface area contributed by atoms with Crippen LogP contribution in [0.25, 0.3) is 0 Å². The average molecular weight is 626 g/mol. The molecule has 6 rings (SSSR count). The molecule has 4 heterocycles. The number of fused-ring (bicyclic) bond motifs is 2. The van der Waals surface area contributed by atoms with Gasteiger partial charge in [-0.2, -0.15) is 0 Å². The smallest absolute Gasteiger partial charge is 0.348 e. The number of anilines is 1. The number of likely N-dealkylation sites (N-methyl/N-ethyl adjacent to an activating group) is 1. The molecule has 0 bridgehead atoms. The number of benzene rings is 2. The molecule has 3 aliphatic heterocycles. The fourth-order valence-electron chi connectivity index (χ4n) is 5.88. The lowest BCUT2D eigenvalue weighted by atomic mass is 9.84. The Balaban J connectivity index is 1.73. The lowest BCUT2D eigenvalue weighted by Crippen LogP contribution is -2.39. The van der Waals surface area contributed by atoms with Crippen LogP contribution in [0.2, 0.25) is 0 Å². The minimum absolute atomic E-state index is 0.280. The highest BCUT2D eigenvalue weighted by atomic mass is 79.9. The van der Waals surface area contributed by atoms with Gasteiger partial charge >= 0.3 is 5.97 Å². The summed E-state index contributed by atoms with van der Waals surface area (Å²) in [5, 5.41) is 2.93. The van der Waals surface area contributed by atoms with Crippen LogP contribution in [0.1, 0.15) is 29.1 Å². The number of morpholine rings is 1. The van der Waals surface area contributed by atoms with Crippen LogP contribution < -0.4 is 10.2 Å². The molecule has 7 nitrogen and oxygen atoms in total. The molecular weight excluding hydrogens is 595 g/mol. The first kappa shape index (κ1) is 26.7. The number of para-hydroxylation sites is 1. The molecule has 1 unspecified atom stereocenters. The summed E-state index contributed by atoms with van der Waals surface area (Å²) in [7, 11) is 0.885. The second-order valence-electron chi connectivity index (χ2n) is 10.2. The highest BCUT2D eigenvalue weighted by Crippen LogP contribution is 2.67. The molecule has 0 saturated carbocycles. The van der Waals surface area contributed by atoms with Crippen molar-refractivity contribution in [3.05, 3.63) is 80.5 Å². The van der Waals surface area contributed by atoms with Gasteiger partial charge < -0.3 is 14.4 Å². The number of hydrogen-bond acceptors (Lipinski definition) is 7. The molecule has 0 N–H and O–H groups in total. The number of nitrogens with zero attached hydrogens (tertiary/aromatic N) is 4. The van der Waals surface area contributed by atoms with Crippen molar-refractivity contribution in [2.24, 2.45) is 9.74 Å². The van der Waals surface area contributed by atoms with Crippen molar-refractivity contribution in [3.8, 4) is 0 Å². The van der Waals surface area contributed by atoms with Crippen LogP contribution >= 0.6 is 34.5 Å². The highest BCUT2D eigenvalue weighted by molar-refractivity contribution is 9.10. The number of ether oxygens (including phenoxy) is 2. The van der Waals surface area contributed by atoms with E-state index in [2.05, 4.69) is 70.7 Å². The lowest BCUT2D eigenvalue weighted by molar-refractivity contribution is 0.0606. The van der Waals surface area contributed by atoms with Crippen LogP contribution in [0, 0.1) is 0 Å². The third kappa shape index (κ3) is 4.26. The van der Waals surface area contributed by atoms with Gasteiger partial charge in [0.25, 0.3) is 0 Å². The van der Waals surface area contributed by atoms with E-state index in [4.69, 9.17) is 19.2 Å². The zero-order valence-electron chi connectivity index (χ0n) is 22.3. The molecule has 0 spiro atoms. The Morgan fingerprint density at radius 3 is 2.56 bits per heavy atom. The van der Waals surface area contributed by atoms with E-state index in [9.17, 15) is 4.79 Å². The van der Waals surface area contributed by atoms with Crippen molar-refractivity contribution in [1.82, 2.24) is 4.67 Å². The van der Waals surface area contributed by atoms with Gasteiger partial charge in [-0.3, -0.25) is 4.67 Å². The van der Waals surface area contributed by atoms with Gasteiger partial charge in [0, 0.05) is 58.2 Å². The minimum atomic E-state index is -2.67. The Morgan fingerprint density at radius 1 is 1.15 bits per heavy atom. The summed E-state index contributed by atoms with van der Waals surface area (Å²) in [5.41, 5.74) is 4.26. The Bertz CT molecular complexity index is 1570. The highest BCUT2D eigenvalue weighted by Gasteiger charge is 2.48. The summed E-state index contributed by atoms with van der Waals surface area (Å²) in [6.07, 6.45) is 2.02. The number of rotatable bonds is 3. The van der Waals surface area contributed by atoms with E-state index >= 15 is 0 Å². The van der Waals surface area contributed by atoms with Gasteiger partial charge in [0.15, 0.2) is 0 Å². The number of esters is 1. The maximum absolute atomic E-state index is 12.7. The predicted molar refractivity (Wildman–Crippen MR) is 164 cm³/mol. The fourth-order valence-corrected chi connectivity index (χ4v) is 11.6. The first-order valence-corrected chi connectivity index (χ1v) is 16.1. The predicted octanol–water partition coefficient (Wildman–Crippen LogP) is 7.06. The van der Waals surface area contributed by atoms with Crippen molar-refractivity contribution in [1.29, 1.82) is 0 Å². The van der Waals surface area contributed by atoms with Crippen molar-refractivity contribution >= 4 is 68.3 Å². The fraction of sp³-hybridized carbons (Fsp3) is 0.310. The molecule has 10 heteroatoms. The van der Waals surface area contributed by atoms with Crippen molar-refractivity contribution in [2.75, 3.05) is 45.4 Å². The standard InChI is InChI=1S/C29H30BrN4O3PS/c1-29(2)21-7-5-6-8-22(21)33(3)26(29)24-18-31-27-23(17-25(39-27)28(35)36-4)38(24,34-13-15-37-16-14-34)32-20-11-9-19(30)10-12-20/h5-12,17-18H,13-16H2,1-4H3. The number of hydrogen-bond donors (Lipinski definition) is 0. The zero-order valence-corrected chi connectivity index (χ0v) is 25.6. The Kier molecular flexibility index (Phi) is 6.92. The van der Waals surface area contributed by atoms with Crippen LogP contribution in [-0.2, 0) is 14.9 Å². The summed E-state index contributed by atoms with van der Waals surface area (Å²) in [4.78, 5) is 20.5. The molecule has 3 aliphatic rings. The van der Waals surface area contributed by atoms with E-state index in [0.29, 0.717) is 18.1 Å². The number of allylic oxidation sites excluding steroid dienone is 2. The topological polar surface area (TPSA) is 66.7 Å². The maximum Gasteiger partial charge on any atom is 0.348 e. The molecule has 39 heavy (non-hydrogen) atoms. The summed E-state index contributed by atoms with van der Waals surface area (Å²) in [6.45, 7) is 7.28. The minimum Gasteiger partial charge on any atom is -0.465 e. The van der Waals surface area contributed by atoms with Gasteiger partial charge in [0.1, 0.15) is 17.1 Å². The molecule has 1 atom stereocenters. The van der Waals surface area contributed by atoms with Gasteiger partial charge in [-0.25, -0.2) is 14.5 Å². The van der Waals surface area contributed by atoms with E-state index in [0.717, 1.165) is 38.9 Å². The number of carbonyl (C=O) groups is 1. The van der Waals surface area contributed by atoms with E-state index in [1.54, 1.807) is 0 Å². The molecule has 2 aromatic carbocycles. The van der Waals surface area contributed by atoms with Crippen LogP contribution in [0.5, 0.6) is 0 Å². The lowest BCUT2D eigenvalue weighted by Gasteiger charge is -2.43. The van der Waals surface area contributed by atoms with E-state index < -0.39 is 7.21 Å². The Morgan fingerprint density at radius 2 is 1.87 bits per heavy atom. The normalized spacial score (nSPS) is 23.9. The molecule has 0 radical (unpaired) electrons. The first-order chi connectivity index (χ1) is 18.8. The van der Waals surface area contributed by atoms with Crippen LogP contribution in [0.15, 0.2) is 79.8 Å². The second-order valence-corrected chi connectivity index (χ2v) is 15.1. The summed E-state index contributed by atoms with van der Waals surface area (Å²) < 4.78 is 20.1. The van der Waals surface area contributed by atoms with E-state index in [1.807, 2.05) is 36.5 Å². The van der Waals surface area contributed by atoms with Crippen LogP contribution in [-0.4, -0.2) is 57.3 Å². The monoisotopic (exact) mass is 624 g/mol. The molecule has 1 saturated heterocycles. The van der Waals surface area contributed by atoms with Crippen molar-refractivity contribution in [2.45, 2.75) is 19.3 Å². The Labute approximate surface area is 241 Å². The third-order valence-corrected chi connectivity index (χ3v) is 13.1. The molecule has 202 valence electrons. The summed E-state index contributed by atoms with van der Waals surface area (Å²) in [6, 6.07) is 18.7. The van der Waals surface area contributed by atoms with E-state index in [-0.39, 0.29) is 11.4 Å². The van der Waals surface area contributed by atoms with Gasteiger partial charge in [-0.15, -0.1) is 11.3 Å². The molecule has 0 amide bonds. The zero-order chi connectivity index (χ0) is 27.4. The van der Waals surface area contributed by atoms with Crippen LogP contribution in [0.3, 0.4) is 0 Å². The SMILES string of the molecule is COC(=O)c1cc2c(s1)N=CC(=C1N(C)c3ccccc3C1(C)C)P2(=Nc1ccc(Br)cc1)N1CCOCC1. The number of halogens is 1. The van der Waals surface area contributed by atoms with Crippen molar-refractivity contribution < 1.29 is 14.3 Å². The summed E-state index contributed by atoms with van der Waals surface area (Å²) in [5.74, 6) is -0.353. The first-order valence-electron chi connectivity index (χ1n) is 12.8. The van der Waals surface area contributed by atoms with Gasteiger partial charge in [-0.1, -0.05) is 48.0 Å². The Hall–Kier alpha value is -2.55. The third-order valence-electron chi connectivity index (χ3n) is 7.65. The second kappa shape index (κ2) is 10.1. The average Bonchev–Trinajstić information content (AvgIpc) is 3.48. The number of carbonyl (C=O) groups excluding carboxylic acids is 1. The van der Waals surface area contributed by atoms with Gasteiger partial charge in [0.05, 0.1) is 26.0 Å². The largest absolute Gasteiger partial charge is 0.465 e. The number of methoxy groups -OCH3 is 1. The molecule has 3 aromatic rings. The van der Waals surface area contributed by atoms with Crippen LogP contribution in [0.4, 0.5) is 16.4 Å². The van der Waals surface area contributed by atoms with E-state index in [1.165, 1.54) is 35.4 Å². The van der Waals surface area contributed by atoms with Crippen molar-refractivity contribution in [3.63, 3.8) is 0 Å². The molecular formula is C29H30BrN4O3PS. The van der Waals surface area contributed by atoms with Gasteiger partial charge in [0.2, 0.25) is 0 Å². The maximum atomic E-state index is 12.7. The molecule has 1 fully saturated rings.